The fourth-order valence-corrected chi connectivity index (χ4v) is 4.77. The Labute approximate surface area is 171 Å². The van der Waals surface area contributed by atoms with Gasteiger partial charge in [0.1, 0.15) is 11.6 Å². The number of benzene rings is 1. The van der Waals surface area contributed by atoms with Crippen molar-refractivity contribution in [2.24, 2.45) is 10.9 Å². The van der Waals surface area contributed by atoms with Gasteiger partial charge in [0, 0.05) is 58.9 Å². The van der Waals surface area contributed by atoms with Crippen LogP contribution in [0, 0.1) is 17.6 Å². The number of aliphatic imine (C=N–C) groups is 1. The minimum Gasteiger partial charge on any atom is -0.366 e. The first kappa shape index (κ1) is 21.8. The van der Waals surface area contributed by atoms with Crippen LogP contribution in [-0.2, 0) is 10.0 Å². The van der Waals surface area contributed by atoms with Crippen molar-refractivity contribution in [2.45, 2.75) is 12.8 Å². The summed E-state index contributed by atoms with van der Waals surface area (Å²) in [5.74, 6) is 0.327. The van der Waals surface area contributed by atoms with E-state index in [1.54, 1.807) is 7.05 Å². The van der Waals surface area contributed by atoms with Crippen molar-refractivity contribution in [1.82, 2.24) is 14.5 Å². The summed E-state index contributed by atoms with van der Waals surface area (Å²) in [6, 6.07) is 3.52. The fraction of sp³-hybridized carbons (Fsp3) is 0.632. The summed E-state index contributed by atoms with van der Waals surface area (Å²) in [5, 5.41) is 3.39. The van der Waals surface area contributed by atoms with Gasteiger partial charge in [0.2, 0.25) is 10.0 Å². The lowest BCUT2D eigenvalue weighted by Crippen LogP contribution is -2.53. The van der Waals surface area contributed by atoms with E-state index >= 15 is 0 Å². The molecule has 2 aliphatic heterocycles. The highest BCUT2D eigenvalue weighted by Crippen LogP contribution is 2.22. The molecular formula is C19H29F2N5O2S. The monoisotopic (exact) mass is 429 g/mol. The first-order chi connectivity index (χ1) is 13.8. The zero-order chi connectivity index (χ0) is 21.0. The number of hydrogen-bond donors (Lipinski definition) is 1. The molecule has 0 radical (unpaired) electrons. The molecule has 2 aliphatic rings. The van der Waals surface area contributed by atoms with Gasteiger partial charge in [-0.15, -0.1) is 0 Å². The van der Waals surface area contributed by atoms with Gasteiger partial charge < -0.3 is 15.1 Å². The molecule has 0 aliphatic carbocycles. The van der Waals surface area contributed by atoms with Crippen molar-refractivity contribution in [3.8, 4) is 0 Å². The number of piperazine rings is 1. The van der Waals surface area contributed by atoms with Crippen molar-refractivity contribution < 1.29 is 17.2 Å². The number of sulfonamides is 1. The lowest BCUT2D eigenvalue weighted by molar-refractivity contribution is 0.271. The van der Waals surface area contributed by atoms with Crippen molar-refractivity contribution in [3.63, 3.8) is 0 Å². The third-order valence-electron chi connectivity index (χ3n) is 5.63. The van der Waals surface area contributed by atoms with E-state index in [-0.39, 0.29) is 0 Å². The van der Waals surface area contributed by atoms with Crippen LogP contribution in [0.5, 0.6) is 0 Å². The second-order valence-electron chi connectivity index (χ2n) is 7.60. The van der Waals surface area contributed by atoms with Gasteiger partial charge in [-0.2, -0.15) is 0 Å². The Morgan fingerprint density at radius 2 is 1.79 bits per heavy atom. The first-order valence-corrected chi connectivity index (χ1v) is 11.7. The quantitative estimate of drug-likeness (QED) is 0.578. The third kappa shape index (κ3) is 5.57. The average molecular weight is 430 g/mol. The summed E-state index contributed by atoms with van der Waals surface area (Å²) in [5.41, 5.74) is 0.297. The van der Waals surface area contributed by atoms with E-state index in [2.05, 4.69) is 15.2 Å². The van der Waals surface area contributed by atoms with E-state index < -0.39 is 21.7 Å². The molecule has 29 heavy (non-hydrogen) atoms. The third-order valence-corrected chi connectivity index (χ3v) is 6.93. The second-order valence-corrected chi connectivity index (χ2v) is 9.59. The molecule has 10 heteroatoms. The van der Waals surface area contributed by atoms with E-state index in [0.717, 1.165) is 37.5 Å². The minimum atomic E-state index is -3.11. The summed E-state index contributed by atoms with van der Waals surface area (Å²) in [6.45, 7) is 4.32. The maximum absolute atomic E-state index is 14.0. The molecule has 0 amide bonds. The van der Waals surface area contributed by atoms with E-state index in [1.807, 2.05) is 4.90 Å². The van der Waals surface area contributed by atoms with Crippen LogP contribution in [0.4, 0.5) is 14.5 Å². The topological polar surface area (TPSA) is 68.2 Å². The Kier molecular flexibility index (Phi) is 6.94. The van der Waals surface area contributed by atoms with Gasteiger partial charge in [0.05, 0.1) is 11.9 Å². The molecule has 2 fully saturated rings. The molecule has 0 aromatic heterocycles. The molecule has 0 saturated carbocycles. The first-order valence-electron chi connectivity index (χ1n) is 9.88. The fourth-order valence-electron chi connectivity index (χ4n) is 3.90. The summed E-state index contributed by atoms with van der Waals surface area (Å²) in [7, 11) is -1.38. The molecule has 0 bridgehead atoms. The van der Waals surface area contributed by atoms with Gasteiger partial charge in [-0.05, 0) is 30.9 Å². The standard InChI is InChI=1S/C19H29F2N5O2S/c1-22-19(23-14-15-5-7-26(8-6-15)29(2,27)28)25-11-9-24(10-12-25)18-13-16(20)3-4-17(18)21/h3-4,13,15H,5-12,14H2,1-2H3,(H,22,23). The van der Waals surface area contributed by atoms with Crippen LogP contribution in [0.1, 0.15) is 12.8 Å². The molecule has 0 unspecified atom stereocenters. The Hall–Kier alpha value is -1.94. The highest BCUT2D eigenvalue weighted by Gasteiger charge is 2.26. The number of nitrogens with zero attached hydrogens (tertiary/aromatic N) is 4. The molecule has 162 valence electrons. The van der Waals surface area contributed by atoms with Crippen LogP contribution in [0.2, 0.25) is 0 Å². The molecule has 1 aromatic rings. The predicted molar refractivity (Wildman–Crippen MR) is 111 cm³/mol. The Morgan fingerprint density at radius 1 is 1.14 bits per heavy atom. The molecule has 2 heterocycles. The number of hydrogen-bond acceptors (Lipinski definition) is 4. The maximum atomic E-state index is 14.0. The predicted octanol–water partition coefficient (Wildman–Crippen LogP) is 1.33. The number of nitrogens with one attached hydrogen (secondary N) is 1. The molecule has 1 aromatic carbocycles. The van der Waals surface area contributed by atoms with Crippen molar-refractivity contribution >= 4 is 21.7 Å². The molecule has 0 atom stereocenters. The highest BCUT2D eigenvalue weighted by molar-refractivity contribution is 7.88. The van der Waals surface area contributed by atoms with E-state index in [1.165, 1.54) is 16.6 Å². The van der Waals surface area contributed by atoms with Crippen LogP contribution >= 0.6 is 0 Å². The molecule has 1 N–H and O–H groups in total. The van der Waals surface area contributed by atoms with E-state index in [0.29, 0.717) is 50.9 Å². The molecule has 2 saturated heterocycles. The summed E-state index contributed by atoms with van der Waals surface area (Å²) < 4.78 is 52.2. The highest BCUT2D eigenvalue weighted by atomic mass is 32.2. The van der Waals surface area contributed by atoms with Crippen LogP contribution in [-0.4, -0.2) is 82.7 Å². The maximum Gasteiger partial charge on any atom is 0.211 e. The zero-order valence-corrected chi connectivity index (χ0v) is 17.8. The van der Waals surface area contributed by atoms with Gasteiger partial charge in [-0.25, -0.2) is 21.5 Å². The lowest BCUT2D eigenvalue weighted by Gasteiger charge is -2.38. The summed E-state index contributed by atoms with van der Waals surface area (Å²) >= 11 is 0. The van der Waals surface area contributed by atoms with Crippen LogP contribution in [0.25, 0.3) is 0 Å². The van der Waals surface area contributed by atoms with E-state index in [9.17, 15) is 17.2 Å². The van der Waals surface area contributed by atoms with Gasteiger partial charge in [-0.1, -0.05) is 0 Å². The molecular weight excluding hydrogens is 400 g/mol. The lowest BCUT2D eigenvalue weighted by atomic mass is 9.98. The van der Waals surface area contributed by atoms with Crippen molar-refractivity contribution in [3.05, 3.63) is 29.8 Å². The molecule has 7 nitrogen and oxygen atoms in total. The molecule has 0 spiro atoms. The Morgan fingerprint density at radius 3 is 2.38 bits per heavy atom. The smallest absolute Gasteiger partial charge is 0.211 e. The van der Waals surface area contributed by atoms with Gasteiger partial charge in [-0.3, -0.25) is 4.99 Å². The molecule has 3 rings (SSSR count). The minimum absolute atomic E-state index is 0.297. The number of rotatable bonds is 4. The van der Waals surface area contributed by atoms with Crippen molar-refractivity contribution in [2.75, 3.05) is 64.0 Å². The number of halogens is 2. The SMILES string of the molecule is CN=C(NCC1CCN(S(C)(=O)=O)CC1)N1CCN(c2cc(F)ccc2F)CC1. The summed E-state index contributed by atoms with van der Waals surface area (Å²) in [4.78, 5) is 8.31. The second kappa shape index (κ2) is 9.25. The summed E-state index contributed by atoms with van der Waals surface area (Å²) in [6.07, 6.45) is 2.90. The van der Waals surface area contributed by atoms with Gasteiger partial charge in [0.15, 0.2) is 5.96 Å². The average Bonchev–Trinajstić information content (AvgIpc) is 2.70. The zero-order valence-electron chi connectivity index (χ0n) is 16.9. The van der Waals surface area contributed by atoms with Gasteiger partial charge in [0.25, 0.3) is 0 Å². The van der Waals surface area contributed by atoms with Crippen LogP contribution < -0.4 is 10.2 Å². The normalized spacial score (nSPS) is 20.2. The Bertz CT molecular complexity index is 833. The van der Waals surface area contributed by atoms with Crippen LogP contribution in [0.3, 0.4) is 0 Å². The largest absolute Gasteiger partial charge is 0.366 e. The number of piperidine rings is 1. The number of anilines is 1. The number of guanidine groups is 1. The van der Waals surface area contributed by atoms with Gasteiger partial charge >= 0.3 is 0 Å². The van der Waals surface area contributed by atoms with Crippen molar-refractivity contribution in [1.29, 1.82) is 0 Å². The van der Waals surface area contributed by atoms with E-state index in [4.69, 9.17) is 0 Å². The Balaban J connectivity index is 1.48. The van der Waals surface area contributed by atoms with Crippen LogP contribution in [0.15, 0.2) is 23.2 Å².